The number of anilines is 2. The first kappa shape index (κ1) is 30.9. The summed E-state index contributed by atoms with van der Waals surface area (Å²) in [4.78, 5) is 2.86. The molecule has 0 aliphatic heterocycles. The molecule has 2 saturated carbocycles. The van der Waals surface area contributed by atoms with Crippen molar-refractivity contribution in [3.05, 3.63) is 64.9 Å². The molecule has 0 amide bonds. The third-order valence-corrected chi connectivity index (χ3v) is 9.43. The fraction of sp³-hybridized carbons (Fsp3) is 0.649. The van der Waals surface area contributed by atoms with Crippen LogP contribution in [0.15, 0.2) is 36.4 Å². The molecule has 4 rings (SSSR count). The average molecular weight is 545 g/mol. The minimum atomic E-state index is 0.453. The molecule has 0 unspecified atom stereocenters. The Morgan fingerprint density at radius 3 is 1.10 bits per heavy atom. The first-order valence-corrected chi connectivity index (χ1v) is 16.6. The third kappa shape index (κ3) is 7.25. The predicted octanol–water partition coefficient (Wildman–Crippen LogP) is 11.1. The van der Waals surface area contributed by atoms with E-state index in [1.54, 1.807) is 0 Å². The molecule has 2 N–H and O–H groups in total. The Balaban J connectivity index is 1.88. The van der Waals surface area contributed by atoms with E-state index in [9.17, 15) is 0 Å². The van der Waals surface area contributed by atoms with E-state index in [-0.39, 0.29) is 0 Å². The van der Waals surface area contributed by atoms with Crippen LogP contribution in [-0.2, 0) is 0 Å². The summed E-state index contributed by atoms with van der Waals surface area (Å²) in [5, 5.41) is 8.37. The summed E-state index contributed by atoms with van der Waals surface area (Å²) in [6.45, 7) is 18.7. The minimum absolute atomic E-state index is 0.453. The summed E-state index contributed by atoms with van der Waals surface area (Å²) in [7, 11) is 0. The summed E-state index contributed by atoms with van der Waals surface area (Å²) in [6.07, 6.45) is 14.6. The molecular weight excluding hydrogens is 486 g/mol. The second kappa shape index (κ2) is 14.3. The molecule has 2 aliphatic rings. The van der Waals surface area contributed by atoms with Gasteiger partial charge in [0.2, 0.25) is 0 Å². The number of para-hydroxylation sites is 2. The Bertz CT molecular complexity index is 921. The van der Waals surface area contributed by atoms with Crippen LogP contribution >= 0.6 is 0 Å². The van der Waals surface area contributed by atoms with Gasteiger partial charge in [0.1, 0.15) is 0 Å². The summed E-state index contributed by atoms with van der Waals surface area (Å²) >= 11 is 0. The molecule has 0 spiro atoms. The average Bonchev–Trinajstić information content (AvgIpc) is 2.94. The Hall–Kier alpha value is -2.00. The largest absolute Gasteiger partial charge is 0.499 e. The topological polar surface area (TPSA) is 27.3 Å². The van der Waals surface area contributed by atoms with Crippen molar-refractivity contribution in [1.29, 1.82) is 0 Å². The van der Waals surface area contributed by atoms with Crippen molar-refractivity contribution in [3.63, 3.8) is 0 Å². The van der Waals surface area contributed by atoms with Crippen LogP contribution in [0.3, 0.4) is 0 Å². The molecule has 0 heterocycles. The maximum atomic E-state index is 4.19. The van der Waals surface area contributed by atoms with Crippen molar-refractivity contribution in [2.75, 3.05) is 10.6 Å². The molecule has 2 fully saturated rings. The fourth-order valence-corrected chi connectivity index (χ4v) is 7.17. The van der Waals surface area contributed by atoms with Gasteiger partial charge in [0, 0.05) is 11.4 Å². The van der Waals surface area contributed by atoms with Gasteiger partial charge >= 0.3 is 0 Å². The van der Waals surface area contributed by atoms with E-state index in [0.29, 0.717) is 35.8 Å². The van der Waals surface area contributed by atoms with E-state index in [4.69, 9.17) is 0 Å². The monoisotopic (exact) mass is 544 g/mol. The van der Waals surface area contributed by atoms with Crippen molar-refractivity contribution in [2.45, 2.75) is 155 Å². The highest BCUT2D eigenvalue weighted by Gasteiger charge is 2.29. The van der Waals surface area contributed by atoms with Crippen LogP contribution in [0.5, 0.6) is 0 Å². The molecule has 0 aromatic heterocycles. The summed E-state index contributed by atoms with van der Waals surface area (Å²) in [5.41, 5.74) is 8.30. The summed E-state index contributed by atoms with van der Waals surface area (Å²) in [6, 6.07) is 15.0. The van der Waals surface area contributed by atoms with Crippen molar-refractivity contribution >= 4 is 11.4 Å². The molecular formula is C37H58N3-. The maximum Gasteiger partial charge on any atom is 0.0144 e. The van der Waals surface area contributed by atoms with E-state index in [1.807, 2.05) is 0 Å². The van der Waals surface area contributed by atoms with Crippen LogP contribution in [0.25, 0.3) is 0 Å². The molecule has 222 valence electrons. The van der Waals surface area contributed by atoms with E-state index in [1.165, 1.54) is 104 Å². The Kier molecular flexibility index (Phi) is 11.0. The molecule has 3 nitrogen and oxygen atoms in total. The predicted molar refractivity (Wildman–Crippen MR) is 175 cm³/mol. The van der Waals surface area contributed by atoms with Crippen LogP contribution in [0.2, 0.25) is 0 Å². The smallest absolute Gasteiger partial charge is 0.0144 e. The van der Waals surface area contributed by atoms with Gasteiger partial charge in [-0.2, -0.15) is 0 Å². The zero-order chi connectivity index (χ0) is 28.8. The van der Waals surface area contributed by atoms with Crippen LogP contribution in [-0.4, -0.2) is 17.0 Å². The molecule has 0 atom stereocenters. The van der Waals surface area contributed by atoms with Gasteiger partial charge in [0.05, 0.1) is 0 Å². The second-order valence-electron chi connectivity index (χ2n) is 13.8. The van der Waals surface area contributed by atoms with Crippen molar-refractivity contribution < 1.29 is 0 Å². The van der Waals surface area contributed by atoms with Crippen molar-refractivity contribution in [1.82, 2.24) is 4.90 Å². The van der Waals surface area contributed by atoms with Crippen LogP contribution in [0.1, 0.15) is 166 Å². The normalized spacial score (nSPS) is 17.6. The Morgan fingerprint density at radius 1 is 0.525 bits per heavy atom. The summed E-state index contributed by atoms with van der Waals surface area (Å²) in [5.74, 6) is 1.81. The molecule has 0 saturated heterocycles. The van der Waals surface area contributed by atoms with Gasteiger partial charge in [-0.3, -0.25) is 0 Å². The number of nitrogens with one attached hydrogen (secondary N) is 2. The molecule has 40 heavy (non-hydrogen) atoms. The molecule has 2 aliphatic carbocycles. The van der Waals surface area contributed by atoms with Gasteiger partial charge < -0.3 is 15.5 Å². The number of benzene rings is 2. The zero-order valence-electron chi connectivity index (χ0n) is 26.9. The Morgan fingerprint density at radius 2 is 0.825 bits per heavy atom. The first-order chi connectivity index (χ1) is 19.2. The highest BCUT2D eigenvalue weighted by atomic mass is 15.4. The van der Waals surface area contributed by atoms with Gasteiger partial charge in [0.15, 0.2) is 0 Å². The lowest BCUT2D eigenvalue weighted by molar-refractivity contribution is 0.0959. The van der Waals surface area contributed by atoms with Gasteiger partial charge in [-0.1, -0.05) is 137 Å². The van der Waals surface area contributed by atoms with Gasteiger partial charge in [-0.05, 0) is 83.7 Å². The first-order valence-electron chi connectivity index (χ1n) is 16.6. The van der Waals surface area contributed by atoms with Crippen LogP contribution in [0.4, 0.5) is 11.4 Å². The number of hydrogen-bond donors (Lipinski definition) is 2. The van der Waals surface area contributed by atoms with Gasteiger partial charge in [-0.25, -0.2) is 0 Å². The maximum absolute atomic E-state index is 4.19. The standard InChI is InChI=1S/C37H58N3/c1-25(2)31-21-15-22-32(26(3)4)35(31)38-37(39-36-33(27(5)6)23-16-24-34(36)28(7)8)40(29-17-11-9-12-18-29)30-19-13-10-14-20-30/h15-16,21-30,38-39H,9-14,17-20H2,1-8H3/q-1. The summed E-state index contributed by atoms with van der Waals surface area (Å²) < 4.78 is 0. The highest BCUT2D eigenvalue weighted by molar-refractivity contribution is 5.67. The lowest BCUT2D eigenvalue weighted by Gasteiger charge is -2.57. The van der Waals surface area contributed by atoms with Crippen LogP contribution in [0, 0.1) is 6.29 Å². The molecule has 0 radical (unpaired) electrons. The van der Waals surface area contributed by atoms with Crippen molar-refractivity contribution in [2.24, 2.45) is 0 Å². The lowest BCUT2D eigenvalue weighted by Crippen LogP contribution is -2.52. The molecule has 2 aromatic carbocycles. The van der Waals surface area contributed by atoms with E-state index >= 15 is 0 Å². The minimum Gasteiger partial charge on any atom is -0.499 e. The van der Waals surface area contributed by atoms with E-state index < -0.39 is 0 Å². The molecule has 3 heteroatoms. The zero-order valence-corrected chi connectivity index (χ0v) is 26.9. The fourth-order valence-electron chi connectivity index (χ4n) is 7.17. The lowest BCUT2D eigenvalue weighted by atomic mass is 9.88. The Labute approximate surface area is 246 Å². The SMILES string of the molecule is CC(C)c1cccc(C(C)C)c1N[C-](Nc1c(C(C)C)cccc1C(C)C)N(C1CCCCC1)C1CCCCC1. The molecule has 2 aromatic rings. The highest BCUT2D eigenvalue weighted by Crippen LogP contribution is 2.41. The number of nitrogens with zero attached hydrogens (tertiary/aromatic N) is 1. The van der Waals surface area contributed by atoms with E-state index in [2.05, 4.69) is 107 Å². The third-order valence-electron chi connectivity index (χ3n) is 9.43. The second-order valence-corrected chi connectivity index (χ2v) is 13.8. The van der Waals surface area contributed by atoms with Gasteiger partial charge in [-0.15, -0.1) is 0 Å². The van der Waals surface area contributed by atoms with Crippen LogP contribution < -0.4 is 10.6 Å². The van der Waals surface area contributed by atoms with Crippen molar-refractivity contribution in [3.8, 4) is 0 Å². The molecule has 0 bridgehead atoms. The quantitative estimate of drug-likeness (QED) is 0.275. The van der Waals surface area contributed by atoms with E-state index in [0.717, 1.165) is 0 Å². The number of hydrogen-bond acceptors (Lipinski definition) is 3. The number of rotatable bonds is 11. The van der Waals surface area contributed by atoms with Gasteiger partial charge in [0.25, 0.3) is 0 Å².